The second kappa shape index (κ2) is 9.27. The van der Waals surface area contributed by atoms with Gasteiger partial charge in [0.05, 0.1) is 17.2 Å². The summed E-state index contributed by atoms with van der Waals surface area (Å²) < 4.78 is 0. The van der Waals surface area contributed by atoms with E-state index in [0.29, 0.717) is 43.9 Å². The van der Waals surface area contributed by atoms with Crippen LogP contribution in [0.1, 0.15) is 58.4 Å². The van der Waals surface area contributed by atoms with Gasteiger partial charge in [-0.05, 0) is 37.4 Å². The number of piperidine rings is 2. The summed E-state index contributed by atoms with van der Waals surface area (Å²) in [6.07, 6.45) is 3.30. The Morgan fingerprint density at radius 1 is 0.971 bits per heavy atom. The summed E-state index contributed by atoms with van der Waals surface area (Å²) in [6.45, 7) is 3.98. The van der Waals surface area contributed by atoms with Gasteiger partial charge < -0.3 is 10.2 Å². The number of benzene rings is 1. The van der Waals surface area contributed by atoms with Crippen LogP contribution in [0.2, 0.25) is 0 Å². The smallest absolute Gasteiger partial charge is 0.262 e. The molecule has 0 radical (unpaired) electrons. The minimum atomic E-state index is -0.971. The highest BCUT2D eigenvalue weighted by atomic mass is 16.2. The Balaban J connectivity index is 1.26. The molecule has 0 bridgehead atoms. The van der Waals surface area contributed by atoms with Crippen LogP contribution >= 0.6 is 0 Å². The Labute approximate surface area is 197 Å². The number of nitrogens with zero attached hydrogens (tertiary/aromatic N) is 3. The molecule has 34 heavy (non-hydrogen) atoms. The van der Waals surface area contributed by atoms with Gasteiger partial charge in [0.15, 0.2) is 0 Å². The Morgan fingerprint density at radius 2 is 1.76 bits per heavy atom. The van der Waals surface area contributed by atoms with Gasteiger partial charge in [0.25, 0.3) is 11.8 Å². The molecule has 180 valence electrons. The van der Waals surface area contributed by atoms with Crippen LogP contribution < -0.4 is 10.6 Å². The number of nitrogens with one attached hydrogen (secondary N) is 2. The molecule has 5 amide bonds. The number of rotatable bonds is 4. The number of piperazine rings is 1. The summed E-state index contributed by atoms with van der Waals surface area (Å²) in [5, 5.41) is 5.54. The quantitative estimate of drug-likeness (QED) is 0.593. The summed E-state index contributed by atoms with van der Waals surface area (Å²) in [6, 6.07) is 4.14. The molecule has 0 spiro atoms. The lowest BCUT2D eigenvalue weighted by molar-refractivity contribution is -0.137. The van der Waals surface area contributed by atoms with E-state index >= 15 is 0 Å². The molecule has 4 aliphatic heterocycles. The lowest BCUT2D eigenvalue weighted by Gasteiger charge is -2.37. The van der Waals surface area contributed by atoms with Crippen molar-refractivity contribution in [1.82, 2.24) is 25.3 Å². The predicted octanol–water partition coefficient (Wildman–Crippen LogP) is -0.126. The first-order chi connectivity index (χ1) is 16.4. The monoisotopic (exact) mass is 467 g/mol. The number of hydrogen-bond acceptors (Lipinski definition) is 7. The van der Waals surface area contributed by atoms with Crippen LogP contribution in [0.3, 0.4) is 0 Å². The molecule has 3 saturated heterocycles. The zero-order valence-electron chi connectivity index (χ0n) is 19.0. The van der Waals surface area contributed by atoms with E-state index in [9.17, 15) is 24.0 Å². The van der Waals surface area contributed by atoms with E-state index in [1.807, 2.05) is 11.0 Å². The predicted molar refractivity (Wildman–Crippen MR) is 121 cm³/mol. The van der Waals surface area contributed by atoms with Gasteiger partial charge in [0.2, 0.25) is 17.7 Å². The fraction of sp³-hybridized carbons (Fsp3) is 0.542. The van der Waals surface area contributed by atoms with Crippen LogP contribution in [0.4, 0.5) is 0 Å². The molecule has 10 heteroatoms. The van der Waals surface area contributed by atoms with E-state index < -0.39 is 29.7 Å². The molecule has 4 heterocycles. The summed E-state index contributed by atoms with van der Waals surface area (Å²) >= 11 is 0. The fourth-order valence-electron chi connectivity index (χ4n) is 5.37. The van der Waals surface area contributed by atoms with Crippen molar-refractivity contribution in [2.24, 2.45) is 0 Å². The lowest BCUT2D eigenvalue weighted by Crippen LogP contribution is -2.55. The van der Waals surface area contributed by atoms with Crippen molar-refractivity contribution < 1.29 is 24.0 Å². The molecular weight excluding hydrogens is 438 g/mol. The molecule has 0 aliphatic carbocycles. The van der Waals surface area contributed by atoms with E-state index in [2.05, 4.69) is 15.5 Å². The Bertz CT molecular complexity index is 1040. The lowest BCUT2D eigenvalue weighted by atomic mass is 10.0. The van der Waals surface area contributed by atoms with E-state index in [4.69, 9.17) is 0 Å². The van der Waals surface area contributed by atoms with Crippen molar-refractivity contribution in [2.75, 3.05) is 32.7 Å². The van der Waals surface area contributed by atoms with Crippen molar-refractivity contribution in [3.63, 3.8) is 0 Å². The van der Waals surface area contributed by atoms with Crippen LogP contribution in [0.25, 0.3) is 0 Å². The molecule has 2 atom stereocenters. The highest BCUT2D eigenvalue weighted by molar-refractivity contribution is 6.24. The molecule has 1 aromatic carbocycles. The fourth-order valence-corrected chi connectivity index (χ4v) is 5.37. The Kier molecular flexibility index (Phi) is 6.18. The average Bonchev–Trinajstić information content (AvgIpc) is 3.10. The summed E-state index contributed by atoms with van der Waals surface area (Å²) in [5.74, 6) is -1.81. The first kappa shape index (κ1) is 22.7. The van der Waals surface area contributed by atoms with E-state index in [1.54, 1.807) is 12.1 Å². The molecule has 4 aliphatic rings. The van der Waals surface area contributed by atoms with Crippen LogP contribution in [0.15, 0.2) is 18.2 Å². The number of hydrogen-bond donors (Lipinski definition) is 2. The van der Waals surface area contributed by atoms with Crippen LogP contribution in [0, 0.1) is 0 Å². The van der Waals surface area contributed by atoms with E-state index in [-0.39, 0.29) is 24.8 Å². The third-order valence-corrected chi connectivity index (χ3v) is 7.24. The number of amides is 5. The third-order valence-electron chi connectivity index (χ3n) is 7.24. The number of carbonyl (C=O) groups is 5. The zero-order chi connectivity index (χ0) is 23.8. The number of carbonyl (C=O) groups excluding carboxylic acids is 5. The minimum Gasteiger partial charge on any atom is -0.339 e. The third kappa shape index (κ3) is 4.12. The minimum absolute atomic E-state index is 0.0837. The van der Waals surface area contributed by atoms with Crippen molar-refractivity contribution in [3.8, 4) is 0 Å². The van der Waals surface area contributed by atoms with Crippen molar-refractivity contribution in [2.45, 2.75) is 50.7 Å². The van der Waals surface area contributed by atoms with Crippen molar-refractivity contribution in [3.05, 3.63) is 34.9 Å². The maximum absolute atomic E-state index is 13.3. The van der Waals surface area contributed by atoms with Gasteiger partial charge in [-0.3, -0.25) is 39.1 Å². The maximum atomic E-state index is 13.3. The molecule has 10 nitrogen and oxygen atoms in total. The second-order valence-electron chi connectivity index (χ2n) is 9.39. The zero-order valence-corrected chi connectivity index (χ0v) is 19.0. The average molecular weight is 468 g/mol. The van der Waals surface area contributed by atoms with Gasteiger partial charge in [-0.15, -0.1) is 0 Å². The van der Waals surface area contributed by atoms with Crippen LogP contribution in [-0.2, 0) is 20.9 Å². The molecule has 2 N–H and O–H groups in total. The van der Waals surface area contributed by atoms with Gasteiger partial charge in [-0.25, -0.2) is 0 Å². The van der Waals surface area contributed by atoms with Gasteiger partial charge in [-0.1, -0.05) is 18.6 Å². The highest BCUT2D eigenvalue weighted by Crippen LogP contribution is 2.30. The summed E-state index contributed by atoms with van der Waals surface area (Å²) in [7, 11) is 0. The topological polar surface area (TPSA) is 119 Å². The molecule has 5 rings (SSSR count). The van der Waals surface area contributed by atoms with Crippen LogP contribution in [-0.4, -0.2) is 89.0 Å². The molecule has 0 aromatic heterocycles. The first-order valence-corrected chi connectivity index (χ1v) is 12.0. The number of fused-ring (bicyclic) bond motifs is 1. The molecule has 1 unspecified atom stereocenters. The van der Waals surface area contributed by atoms with Crippen molar-refractivity contribution in [1.29, 1.82) is 0 Å². The van der Waals surface area contributed by atoms with Crippen LogP contribution in [0.5, 0.6) is 0 Å². The molecule has 1 aromatic rings. The van der Waals surface area contributed by atoms with Crippen molar-refractivity contribution >= 4 is 29.5 Å². The Hall–Kier alpha value is -3.11. The van der Waals surface area contributed by atoms with Gasteiger partial charge in [-0.2, -0.15) is 0 Å². The summed E-state index contributed by atoms with van der Waals surface area (Å²) in [4.78, 5) is 68.0. The molecule has 3 fully saturated rings. The standard InChI is InChI=1S/C24H29N5O5/c30-19-8-7-18(21(31)26-19)29-22(32)16-5-3-4-15(20(16)24(29)34)14-27-10-12-28(13-11-27)23(33)17-6-1-2-9-25-17/h3-5,17-18,25H,1-2,6-14H2,(H,26,30,31)/t17-,18?/m0/s1. The highest BCUT2D eigenvalue weighted by Gasteiger charge is 2.45. The van der Waals surface area contributed by atoms with E-state index in [1.165, 1.54) is 0 Å². The largest absolute Gasteiger partial charge is 0.339 e. The number of imide groups is 2. The first-order valence-electron chi connectivity index (χ1n) is 12.0. The summed E-state index contributed by atoms with van der Waals surface area (Å²) in [5.41, 5.74) is 1.37. The normalized spacial score (nSPS) is 26.0. The molecular formula is C24H29N5O5. The maximum Gasteiger partial charge on any atom is 0.262 e. The SMILES string of the molecule is O=C1CCC(N2C(=O)c3cccc(CN4CCN(C(=O)[C@@H]5CCCCN5)CC4)c3C2=O)C(=O)N1. The molecule has 0 saturated carbocycles. The van der Waals surface area contributed by atoms with Gasteiger partial charge in [0, 0.05) is 39.1 Å². The van der Waals surface area contributed by atoms with E-state index in [0.717, 1.165) is 36.3 Å². The van der Waals surface area contributed by atoms with Gasteiger partial charge in [0.1, 0.15) is 6.04 Å². The second-order valence-corrected chi connectivity index (χ2v) is 9.39. The van der Waals surface area contributed by atoms with Gasteiger partial charge >= 0.3 is 0 Å². The Morgan fingerprint density at radius 3 is 2.47 bits per heavy atom.